The molecule has 0 heterocycles. The Hall–Kier alpha value is -2.67. The van der Waals surface area contributed by atoms with Crippen molar-refractivity contribution in [3.8, 4) is 0 Å². The summed E-state index contributed by atoms with van der Waals surface area (Å²) >= 11 is 0. The number of carbonyl (C=O) groups is 2. The summed E-state index contributed by atoms with van der Waals surface area (Å²) in [4.78, 5) is 24.8. The van der Waals surface area contributed by atoms with E-state index in [-0.39, 0.29) is 10.5 Å². The highest BCUT2D eigenvalue weighted by atomic mass is 32.2. The Balaban J connectivity index is 2.15. The zero-order valence-corrected chi connectivity index (χ0v) is 16.8. The minimum Gasteiger partial charge on any atom is -0.449 e. The predicted octanol–water partition coefficient (Wildman–Crippen LogP) is 3.20. The van der Waals surface area contributed by atoms with Gasteiger partial charge >= 0.3 is 5.97 Å². The van der Waals surface area contributed by atoms with E-state index < -0.39 is 27.8 Å². The Morgan fingerprint density at radius 1 is 1.00 bits per heavy atom. The molecule has 1 N–H and O–H groups in total. The second kappa shape index (κ2) is 7.92. The average molecular weight is 389 g/mol. The number of aryl methyl sites for hydroxylation is 3. The number of hydrogen-bond donors (Lipinski definition) is 1. The highest BCUT2D eigenvalue weighted by Crippen LogP contribution is 2.19. The second-order valence-corrected chi connectivity index (χ2v) is 8.62. The third kappa shape index (κ3) is 5.17. The molecule has 144 valence electrons. The van der Waals surface area contributed by atoms with Gasteiger partial charge < -0.3 is 10.1 Å². The van der Waals surface area contributed by atoms with Crippen LogP contribution in [0.5, 0.6) is 0 Å². The van der Waals surface area contributed by atoms with Crippen LogP contribution in [-0.2, 0) is 19.4 Å². The number of hydrogen-bond acceptors (Lipinski definition) is 5. The number of rotatable bonds is 5. The Bertz CT molecular complexity index is 995. The molecule has 6 nitrogen and oxygen atoms in total. The summed E-state index contributed by atoms with van der Waals surface area (Å²) in [7, 11) is -3.46. The molecule has 0 aliphatic rings. The molecule has 0 saturated heterocycles. The third-order valence-corrected chi connectivity index (χ3v) is 5.27. The fourth-order valence-corrected chi connectivity index (χ4v) is 3.08. The van der Waals surface area contributed by atoms with Gasteiger partial charge in [0.05, 0.1) is 10.5 Å². The maximum Gasteiger partial charge on any atom is 0.339 e. The Morgan fingerprint density at radius 3 is 2.26 bits per heavy atom. The lowest BCUT2D eigenvalue weighted by Gasteiger charge is -2.16. The standard InChI is InChI=1S/C20H23NO5S/c1-12-6-7-14(3)18(10-12)21-19(22)15(4)26-20(23)17-11-16(27(5,24)25)9-8-13(17)2/h6-11,15H,1-5H3,(H,21,22)/t15-/m1/s1. The fourth-order valence-electron chi connectivity index (χ4n) is 2.43. The van der Waals surface area contributed by atoms with Crippen molar-refractivity contribution in [2.24, 2.45) is 0 Å². The monoisotopic (exact) mass is 389 g/mol. The molecular formula is C20H23NO5S. The van der Waals surface area contributed by atoms with E-state index in [2.05, 4.69) is 5.32 Å². The van der Waals surface area contributed by atoms with Crippen LogP contribution >= 0.6 is 0 Å². The van der Waals surface area contributed by atoms with Crippen molar-refractivity contribution in [2.45, 2.75) is 38.7 Å². The van der Waals surface area contributed by atoms with Gasteiger partial charge in [-0.05, 0) is 62.6 Å². The molecule has 0 radical (unpaired) electrons. The van der Waals surface area contributed by atoms with Gasteiger partial charge in [-0.3, -0.25) is 4.79 Å². The molecule has 2 aromatic rings. The quantitative estimate of drug-likeness (QED) is 0.793. The van der Waals surface area contributed by atoms with Gasteiger partial charge in [0.25, 0.3) is 5.91 Å². The van der Waals surface area contributed by atoms with Crippen LogP contribution in [-0.4, -0.2) is 32.7 Å². The normalized spacial score (nSPS) is 12.3. The molecule has 0 unspecified atom stereocenters. The van der Waals surface area contributed by atoms with Gasteiger partial charge in [-0.15, -0.1) is 0 Å². The minimum atomic E-state index is -3.46. The van der Waals surface area contributed by atoms with Gasteiger partial charge in [-0.1, -0.05) is 18.2 Å². The Kier molecular flexibility index (Phi) is 6.05. The number of amides is 1. The van der Waals surface area contributed by atoms with E-state index in [0.717, 1.165) is 17.4 Å². The summed E-state index contributed by atoms with van der Waals surface area (Å²) in [5.41, 5.74) is 3.22. The van der Waals surface area contributed by atoms with Crippen LogP contribution in [0.4, 0.5) is 5.69 Å². The van der Waals surface area contributed by atoms with E-state index in [1.54, 1.807) is 6.92 Å². The zero-order chi connectivity index (χ0) is 20.4. The topological polar surface area (TPSA) is 89.5 Å². The molecular weight excluding hydrogens is 366 g/mol. The van der Waals surface area contributed by atoms with E-state index >= 15 is 0 Å². The van der Waals surface area contributed by atoms with Crippen molar-refractivity contribution >= 4 is 27.4 Å². The molecule has 2 aromatic carbocycles. The van der Waals surface area contributed by atoms with Gasteiger partial charge in [-0.25, -0.2) is 13.2 Å². The highest BCUT2D eigenvalue weighted by Gasteiger charge is 2.22. The van der Waals surface area contributed by atoms with Crippen LogP contribution in [0.1, 0.15) is 34.0 Å². The van der Waals surface area contributed by atoms with Crippen molar-refractivity contribution in [1.82, 2.24) is 0 Å². The maximum atomic E-state index is 12.4. The molecule has 0 fully saturated rings. The molecule has 0 bridgehead atoms. The van der Waals surface area contributed by atoms with Crippen LogP contribution in [0, 0.1) is 20.8 Å². The lowest BCUT2D eigenvalue weighted by Crippen LogP contribution is -2.30. The molecule has 0 spiro atoms. The van der Waals surface area contributed by atoms with Gasteiger partial charge in [-0.2, -0.15) is 0 Å². The lowest BCUT2D eigenvalue weighted by atomic mass is 10.1. The van der Waals surface area contributed by atoms with E-state index in [4.69, 9.17) is 4.74 Å². The van der Waals surface area contributed by atoms with Crippen LogP contribution in [0.2, 0.25) is 0 Å². The molecule has 0 saturated carbocycles. The van der Waals surface area contributed by atoms with Crippen LogP contribution in [0.3, 0.4) is 0 Å². The molecule has 1 atom stereocenters. The molecule has 0 aromatic heterocycles. The van der Waals surface area contributed by atoms with E-state index in [1.807, 2.05) is 32.0 Å². The first kappa shape index (κ1) is 20.6. The predicted molar refractivity (Wildman–Crippen MR) is 104 cm³/mol. The molecule has 7 heteroatoms. The molecule has 2 rings (SSSR count). The minimum absolute atomic E-state index is 0.0209. The second-order valence-electron chi connectivity index (χ2n) is 6.60. The van der Waals surface area contributed by atoms with Crippen molar-refractivity contribution in [1.29, 1.82) is 0 Å². The maximum absolute atomic E-state index is 12.4. The third-order valence-electron chi connectivity index (χ3n) is 4.16. The van der Waals surface area contributed by atoms with Crippen LogP contribution in [0.15, 0.2) is 41.3 Å². The number of ether oxygens (including phenoxy) is 1. The summed E-state index contributed by atoms with van der Waals surface area (Å²) in [6.45, 7) is 6.92. The summed E-state index contributed by atoms with van der Waals surface area (Å²) in [5.74, 6) is -1.21. The molecule has 27 heavy (non-hydrogen) atoms. The number of benzene rings is 2. The SMILES string of the molecule is Cc1ccc(C)c(NC(=O)[C@@H](C)OC(=O)c2cc(S(C)(=O)=O)ccc2C)c1. The number of esters is 1. The van der Waals surface area contributed by atoms with Crippen molar-refractivity contribution in [3.05, 3.63) is 58.7 Å². The number of carbonyl (C=O) groups excluding carboxylic acids is 2. The molecule has 1 amide bonds. The first-order valence-electron chi connectivity index (χ1n) is 8.39. The zero-order valence-electron chi connectivity index (χ0n) is 16.0. The number of nitrogens with one attached hydrogen (secondary N) is 1. The van der Waals surface area contributed by atoms with E-state index in [9.17, 15) is 18.0 Å². The van der Waals surface area contributed by atoms with Crippen molar-refractivity contribution in [2.75, 3.05) is 11.6 Å². The smallest absolute Gasteiger partial charge is 0.339 e. The van der Waals surface area contributed by atoms with Gasteiger partial charge in [0.1, 0.15) is 0 Å². The van der Waals surface area contributed by atoms with Gasteiger partial charge in [0.15, 0.2) is 15.9 Å². The van der Waals surface area contributed by atoms with E-state index in [1.165, 1.54) is 25.1 Å². The lowest BCUT2D eigenvalue weighted by molar-refractivity contribution is -0.123. The van der Waals surface area contributed by atoms with Gasteiger partial charge in [0.2, 0.25) is 0 Å². The Labute approximate surface area is 159 Å². The van der Waals surface area contributed by atoms with Crippen LogP contribution in [0.25, 0.3) is 0 Å². The fraction of sp³-hybridized carbons (Fsp3) is 0.300. The molecule has 0 aliphatic carbocycles. The first-order valence-corrected chi connectivity index (χ1v) is 10.3. The number of sulfone groups is 1. The highest BCUT2D eigenvalue weighted by molar-refractivity contribution is 7.90. The average Bonchev–Trinajstić information content (AvgIpc) is 2.57. The van der Waals surface area contributed by atoms with Crippen molar-refractivity contribution in [3.63, 3.8) is 0 Å². The summed E-state index contributed by atoms with van der Waals surface area (Å²) in [6.07, 6.45) is 0.0197. The first-order chi connectivity index (χ1) is 12.5. The van der Waals surface area contributed by atoms with Crippen LogP contribution < -0.4 is 5.32 Å². The number of anilines is 1. The summed E-state index contributed by atoms with van der Waals surface area (Å²) in [5, 5.41) is 2.75. The van der Waals surface area contributed by atoms with E-state index in [0.29, 0.717) is 11.3 Å². The molecule has 0 aliphatic heterocycles. The summed E-state index contributed by atoms with van der Waals surface area (Å²) in [6, 6.07) is 9.89. The summed E-state index contributed by atoms with van der Waals surface area (Å²) < 4.78 is 28.6. The van der Waals surface area contributed by atoms with Gasteiger partial charge in [0, 0.05) is 11.9 Å². The van der Waals surface area contributed by atoms with Crippen molar-refractivity contribution < 1.29 is 22.7 Å². The Morgan fingerprint density at radius 2 is 1.63 bits per heavy atom. The largest absolute Gasteiger partial charge is 0.449 e.